The Morgan fingerprint density at radius 3 is 2.80 bits per heavy atom. The van der Waals surface area contributed by atoms with E-state index in [9.17, 15) is 5.11 Å². The number of pyridine rings is 1. The molecule has 1 aliphatic carbocycles. The quantitative estimate of drug-likeness (QED) is 0.750. The predicted octanol–water partition coefficient (Wildman–Crippen LogP) is 1.35. The van der Waals surface area contributed by atoms with Gasteiger partial charge in [-0.25, -0.2) is 4.98 Å². The standard InChI is InChI=1S/C12H16N2O/c15-12-4-1-9-5-7-14(10-2-3-10)8-6-11(9)13-12/h1,4,10H,2-3,5-8H2,(H,13,15). The molecule has 0 amide bonds. The zero-order valence-electron chi connectivity index (χ0n) is 8.82. The van der Waals surface area contributed by atoms with Crippen molar-refractivity contribution in [3.05, 3.63) is 23.4 Å². The lowest BCUT2D eigenvalue weighted by Gasteiger charge is -2.18. The van der Waals surface area contributed by atoms with Crippen molar-refractivity contribution in [3.63, 3.8) is 0 Å². The number of fused-ring (bicyclic) bond motifs is 1. The van der Waals surface area contributed by atoms with Crippen LogP contribution in [0.3, 0.4) is 0 Å². The molecule has 2 aliphatic rings. The van der Waals surface area contributed by atoms with Gasteiger partial charge in [0.25, 0.3) is 0 Å². The van der Waals surface area contributed by atoms with Gasteiger partial charge in [-0.15, -0.1) is 0 Å². The van der Waals surface area contributed by atoms with Crippen molar-refractivity contribution in [2.75, 3.05) is 13.1 Å². The van der Waals surface area contributed by atoms with E-state index >= 15 is 0 Å². The first-order valence-electron chi connectivity index (χ1n) is 5.75. The van der Waals surface area contributed by atoms with Gasteiger partial charge < -0.3 is 5.11 Å². The molecule has 15 heavy (non-hydrogen) atoms. The highest BCUT2D eigenvalue weighted by Gasteiger charge is 2.29. The Kier molecular flexibility index (Phi) is 2.13. The van der Waals surface area contributed by atoms with Gasteiger partial charge in [-0.1, -0.05) is 6.07 Å². The van der Waals surface area contributed by atoms with E-state index in [2.05, 4.69) is 9.88 Å². The van der Waals surface area contributed by atoms with Crippen molar-refractivity contribution in [1.29, 1.82) is 0 Å². The number of aromatic hydroxyl groups is 1. The Hall–Kier alpha value is -1.09. The zero-order chi connectivity index (χ0) is 10.3. The lowest BCUT2D eigenvalue weighted by Crippen LogP contribution is -2.28. The number of hydrogen-bond acceptors (Lipinski definition) is 3. The Balaban J connectivity index is 1.81. The fourth-order valence-electron chi connectivity index (χ4n) is 2.39. The molecule has 1 saturated carbocycles. The maximum atomic E-state index is 9.34. The average molecular weight is 204 g/mol. The van der Waals surface area contributed by atoms with Gasteiger partial charge in [0.15, 0.2) is 0 Å². The van der Waals surface area contributed by atoms with Gasteiger partial charge >= 0.3 is 0 Å². The molecule has 1 N–H and O–H groups in total. The minimum Gasteiger partial charge on any atom is -0.493 e. The predicted molar refractivity (Wildman–Crippen MR) is 57.9 cm³/mol. The van der Waals surface area contributed by atoms with Gasteiger partial charge in [-0.2, -0.15) is 0 Å². The summed E-state index contributed by atoms with van der Waals surface area (Å²) in [6.07, 6.45) is 4.81. The molecule has 1 aromatic heterocycles. The molecule has 80 valence electrons. The molecule has 3 heteroatoms. The summed E-state index contributed by atoms with van der Waals surface area (Å²) in [6, 6.07) is 4.56. The number of aromatic nitrogens is 1. The Morgan fingerprint density at radius 1 is 1.20 bits per heavy atom. The second-order valence-electron chi connectivity index (χ2n) is 4.54. The van der Waals surface area contributed by atoms with Crippen LogP contribution in [0.1, 0.15) is 24.1 Å². The molecular weight excluding hydrogens is 188 g/mol. The normalized spacial score (nSPS) is 22.1. The molecular formula is C12H16N2O. The maximum absolute atomic E-state index is 9.34. The molecule has 1 fully saturated rings. The first kappa shape index (κ1) is 9.16. The first-order chi connectivity index (χ1) is 7.33. The molecule has 3 rings (SSSR count). The molecule has 0 aromatic carbocycles. The van der Waals surface area contributed by atoms with Crippen LogP contribution in [0.25, 0.3) is 0 Å². The molecule has 0 bridgehead atoms. The number of nitrogens with zero attached hydrogens (tertiary/aromatic N) is 2. The summed E-state index contributed by atoms with van der Waals surface area (Å²) in [5, 5.41) is 9.34. The average Bonchev–Trinajstić information content (AvgIpc) is 3.01. The first-order valence-corrected chi connectivity index (χ1v) is 5.75. The van der Waals surface area contributed by atoms with Gasteiger partial charge in [0, 0.05) is 37.3 Å². The summed E-state index contributed by atoms with van der Waals surface area (Å²) in [4.78, 5) is 6.78. The van der Waals surface area contributed by atoms with Crippen molar-refractivity contribution in [2.45, 2.75) is 31.7 Å². The van der Waals surface area contributed by atoms with Gasteiger partial charge in [-0.3, -0.25) is 4.90 Å². The molecule has 3 nitrogen and oxygen atoms in total. The van der Waals surface area contributed by atoms with Gasteiger partial charge in [0.05, 0.1) is 0 Å². The van der Waals surface area contributed by atoms with E-state index < -0.39 is 0 Å². The van der Waals surface area contributed by atoms with Crippen LogP contribution in [0, 0.1) is 0 Å². The van der Waals surface area contributed by atoms with Crippen LogP contribution in [0.2, 0.25) is 0 Å². The summed E-state index contributed by atoms with van der Waals surface area (Å²) in [6.45, 7) is 2.26. The third-order valence-corrected chi connectivity index (χ3v) is 3.42. The highest BCUT2D eigenvalue weighted by atomic mass is 16.3. The molecule has 1 aliphatic heterocycles. The van der Waals surface area contributed by atoms with Crippen LogP contribution in [0.4, 0.5) is 0 Å². The SMILES string of the molecule is Oc1ccc2c(n1)CCN(C1CC1)CC2. The summed E-state index contributed by atoms with van der Waals surface area (Å²) >= 11 is 0. The Bertz CT molecular complexity index is 374. The third kappa shape index (κ3) is 1.84. The van der Waals surface area contributed by atoms with Crippen molar-refractivity contribution in [2.24, 2.45) is 0 Å². The largest absolute Gasteiger partial charge is 0.493 e. The second kappa shape index (κ2) is 3.49. The van der Waals surface area contributed by atoms with Crippen molar-refractivity contribution < 1.29 is 5.11 Å². The molecule has 0 saturated heterocycles. The van der Waals surface area contributed by atoms with Crippen LogP contribution in [0.5, 0.6) is 5.88 Å². The smallest absolute Gasteiger partial charge is 0.210 e. The molecule has 2 heterocycles. The Labute approximate surface area is 89.7 Å². The summed E-state index contributed by atoms with van der Waals surface area (Å²) in [5.41, 5.74) is 2.41. The van der Waals surface area contributed by atoms with Crippen LogP contribution in [-0.4, -0.2) is 34.1 Å². The van der Waals surface area contributed by atoms with Crippen LogP contribution in [-0.2, 0) is 12.8 Å². The van der Waals surface area contributed by atoms with E-state index in [0.717, 1.165) is 37.7 Å². The van der Waals surface area contributed by atoms with Crippen LogP contribution < -0.4 is 0 Å². The highest BCUT2D eigenvalue weighted by molar-refractivity contribution is 5.26. The van der Waals surface area contributed by atoms with E-state index in [1.54, 1.807) is 6.07 Å². The molecule has 0 unspecified atom stereocenters. The Morgan fingerprint density at radius 2 is 2.00 bits per heavy atom. The number of rotatable bonds is 1. The van der Waals surface area contributed by atoms with Crippen molar-refractivity contribution >= 4 is 0 Å². The summed E-state index contributed by atoms with van der Waals surface area (Å²) in [7, 11) is 0. The maximum Gasteiger partial charge on any atom is 0.210 e. The van der Waals surface area contributed by atoms with E-state index in [0.29, 0.717) is 0 Å². The molecule has 0 atom stereocenters. The summed E-state index contributed by atoms with van der Waals surface area (Å²) in [5.74, 6) is 0.161. The zero-order valence-corrected chi connectivity index (χ0v) is 8.82. The second-order valence-corrected chi connectivity index (χ2v) is 4.54. The van der Waals surface area contributed by atoms with Gasteiger partial charge in [-0.05, 0) is 24.8 Å². The third-order valence-electron chi connectivity index (χ3n) is 3.42. The van der Waals surface area contributed by atoms with Crippen molar-refractivity contribution in [1.82, 2.24) is 9.88 Å². The highest BCUT2D eigenvalue weighted by Crippen LogP contribution is 2.29. The van der Waals surface area contributed by atoms with E-state index in [1.807, 2.05) is 6.07 Å². The van der Waals surface area contributed by atoms with E-state index in [4.69, 9.17) is 0 Å². The van der Waals surface area contributed by atoms with E-state index in [-0.39, 0.29) is 5.88 Å². The summed E-state index contributed by atoms with van der Waals surface area (Å²) < 4.78 is 0. The van der Waals surface area contributed by atoms with Gasteiger partial charge in [0.1, 0.15) is 0 Å². The van der Waals surface area contributed by atoms with Crippen molar-refractivity contribution in [3.8, 4) is 5.88 Å². The lowest BCUT2D eigenvalue weighted by molar-refractivity contribution is 0.276. The minimum atomic E-state index is 0.161. The van der Waals surface area contributed by atoms with Crippen LogP contribution in [0.15, 0.2) is 12.1 Å². The molecule has 0 radical (unpaired) electrons. The molecule has 0 spiro atoms. The minimum absolute atomic E-state index is 0.161. The number of hydrogen-bond donors (Lipinski definition) is 1. The fourth-order valence-corrected chi connectivity index (χ4v) is 2.39. The van der Waals surface area contributed by atoms with Gasteiger partial charge in [0.2, 0.25) is 5.88 Å². The molecule has 1 aromatic rings. The lowest BCUT2D eigenvalue weighted by atomic mass is 10.1. The monoisotopic (exact) mass is 204 g/mol. The van der Waals surface area contributed by atoms with E-state index in [1.165, 1.54) is 18.4 Å². The fraction of sp³-hybridized carbons (Fsp3) is 0.583. The topological polar surface area (TPSA) is 36.4 Å². The van der Waals surface area contributed by atoms with Crippen LogP contribution >= 0.6 is 0 Å².